The fourth-order valence-electron chi connectivity index (χ4n) is 11.0. The number of amides is 2. The molecule has 0 unspecified atom stereocenters. The number of fused-ring (bicyclic) bond motifs is 10. The smallest absolute Gasteiger partial charge is 0.266 e. The number of nitrogens with zero attached hydrogens (tertiary/aromatic N) is 5. The van der Waals surface area contributed by atoms with E-state index in [1.165, 1.54) is 15.7 Å². The molecule has 3 aromatic heterocycles. The Morgan fingerprint density at radius 1 is 0.300 bits per heavy atom. The summed E-state index contributed by atoms with van der Waals surface area (Å²) in [6.07, 6.45) is 0. The zero-order chi connectivity index (χ0) is 46.6. The standard InChI is InChI=1S/C63H37N5O2/c64-38-39-18-24-45(25-19-39)66-57-17-9-7-13-49(57)53-35-41(21-31-59(53)66)43-23-33-61-55(37-43)54-36-42(40-20-30-58-52(34-40)48-12-6-8-16-56(48)65(58)44-10-2-1-3-11-44)22-32-60(54)67(61)46-26-28-47(29-27-46)68-62(69)50-14-4-5-15-51(50)63(68)70/h1-37H. The molecule has 1 aliphatic rings. The predicted molar refractivity (Wildman–Crippen MR) is 283 cm³/mol. The van der Waals surface area contributed by atoms with E-state index in [9.17, 15) is 14.9 Å². The van der Waals surface area contributed by atoms with E-state index in [2.05, 4.69) is 171 Å². The minimum Gasteiger partial charge on any atom is -0.309 e. The molecule has 0 spiro atoms. The number of nitriles is 1. The van der Waals surface area contributed by atoms with Crippen molar-refractivity contribution in [3.63, 3.8) is 0 Å². The van der Waals surface area contributed by atoms with E-state index in [1.807, 2.05) is 48.5 Å². The molecule has 1 aliphatic heterocycles. The topological polar surface area (TPSA) is 76.0 Å². The number of benzene rings is 10. The highest BCUT2D eigenvalue weighted by Gasteiger charge is 2.36. The maximum atomic E-state index is 13.5. The summed E-state index contributed by atoms with van der Waals surface area (Å²) in [4.78, 5) is 28.2. The third-order valence-electron chi connectivity index (χ3n) is 14.2. The number of carbonyl (C=O) groups is 2. The van der Waals surface area contributed by atoms with E-state index < -0.39 is 0 Å². The molecule has 0 saturated heterocycles. The molecule has 10 aromatic carbocycles. The Hall–Kier alpha value is -9.77. The Morgan fingerprint density at radius 2 is 0.629 bits per heavy atom. The van der Waals surface area contributed by atoms with Crippen LogP contribution in [0.15, 0.2) is 224 Å². The molecule has 0 atom stereocenters. The number of hydrogen-bond donors (Lipinski definition) is 0. The maximum absolute atomic E-state index is 13.5. The molecule has 70 heavy (non-hydrogen) atoms. The van der Waals surface area contributed by atoms with Crippen molar-refractivity contribution in [3.8, 4) is 45.4 Å². The molecule has 4 heterocycles. The predicted octanol–water partition coefficient (Wildman–Crippen LogP) is 15.0. The second-order valence-corrected chi connectivity index (χ2v) is 18.0. The quantitative estimate of drug-likeness (QED) is 0.156. The van der Waals surface area contributed by atoms with E-state index >= 15 is 0 Å². The summed E-state index contributed by atoms with van der Waals surface area (Å²) in [5, 5.41) is 16.4. The zero-order valence-electron chi connectivity index (χ0n) is 37.4. The van der Waals surface area contributed by atoms with Crippen LogP contribution in [0.25, 0.3) is 105 Å². The van der Waals surface area contributed by atoms with E-state index in [-0.39, 0.29) is 11.8 Å². The summed E-state index contributed by atoms with van der Waals surface area (Å²) in [7, 11) is 0. The van der Waals surface area contributed by atoms with Crippen LogP contribution in [0.3, 0.4) is 0 Å². The van der Waals surface area contributed by atoms with Crippen molar-refractivity contribution in [3.05, 3.63) is 241 Å². The van der Waals surface area contributed by atoms with E-state index in [1.54, 1.807) is 24.3 Å². The van der Waals surface area contributed by atoms with Gasteiger partial charge < -0.3 is 13.7 Å². The summed E-state index contributed by atoms with van der Waals surface area (Å²) in [6, 6.07) is 79.3. The van der Waals surface area contributed by atoms with Gasteiger partial charge in [0.25, 0.3) is 11.8 Å². The molecule has 0 bridgehead atoms. The highest BCUT2D eigenvalue weighted by atomic mass is 16.2. The molecule has 14 rings (SSSR count). The fraction of sp³-hybridized carbons (Fsp3) is 0. The number of para-hydroxylation sites is 3. The molecular weight excluding hydrogens is 859 g/mol. The van der Waals surface area contributed by atoms with Gasteiger partial charge in [-0.25, -0.2) is 4.90 Å². The van der Waals surface area contributed by atoms with Gasteiger partial charge in [-0.1, -0.05) is 91.0 Å². The largest absolute Gasteiger partial charge is 0.309 e. The summed E-state index contributed by atoms with van der Waals surface area (Å²) in [6.45, 7) is 0. The van der Waals surface area contributed by atoms with Crippen molar-refractivity contribution >= 4 is 82.9 Å². The van der Waals surface area contributed by atoms with Crippen LogP contribution in [-0.2, 0) is 0 Å². The van der Waals surface area contributed by atoms with Gasteiger partial charge in [-0.2, -0.15) is 5.26 Å². The second-order valence-electron chi connectivity index (χ2n) is 18.0. The average molecular weight is 896 g/mol. The Balaban J connectivity index is 0.936. The van der Waals surface area contributed by atoms with Crippen LogP contribution in [0.1, 0.15) is 26.3 Å². The number of aromatic nitrogens is 3. The normalized spacial score (nSPS) is 12.6. The van der Waals surface area contributed by atoms with Crippen LogP contribution in [0.4, 0.5) is 5.69 Å². The van der Waals surface area contributed by atoms with Crippen molar-refractivity contribution in [2.75, 3.05) is 4.90 Å². The van der Waals surface area contributed by atoms with Crippen molar-refractivity contribution in [2.24, 2.45) is 0 Å². The molecule has 2 amide bonds. The van der Waals surface area contributed by atoms with Crippen LogP contribution < -0.4 is 4.90 Å². The molecule has 0 saturated carbocycles. The number of imide groups is 1. The number of anilines is 1. The van der Waals surface area contributed by atoms with Crippen LogP contribution in [0.2, 0.25) is 0 Å². The molecule has 0 N–H and O–H groups in total. The van der Waals surface area contributed by atoms with Crippen LogP contribution in [0.5, 0.6) is 0 Å². The van der Waals surface area contributed by atoms with Gasteiger partial charge in [-0.15, -0.1) is 0 Å². The first kappa shape index (κ1) is 39.4. The number of carbonyl (C=O) groups excluding carboxylic acids is 2. The molecule has 7 heteroatoms. The summed E-state index contributed by atoms with van der Waals surface area (Å²) < 4.78 is 6.88. The van der Waals surface area contributed by atoms with Gasteiger partial charge in [0.05, 0.1) is 61.5 Å². The molecule has 0 radical (unpaired) electrons. The molecular formula is C63H37N5O2. The van der Waals surface area contributed by atoms with E-state index in [0.29, 0.717) is 22.4 Å². The number of rotatable bonds is 6. The van der Waals surface area contributed by atoms with Crippen molar-refractivity contribution in [2.45, 2.75) is 0 Å². The Labute approximate surface area is 401 Å². The first-order chi connectivity index (χ1) is 34.5. The minimum absolute atomic E-state index is 0.315. The molecule has 326 valence electrons. The van der Waals surface area contributed by atoms with Gasteiger partial charge in [0.1, 0.15) is 0 Å². The average Bonchev–Trinajstić information content (AvgIpc) is 4.12. The van der Waals surface area contributed by atoms with E-state index in [4.69, 9.17) is 0 Å². The number of hydrogen-bond acceptors (Lipinski definition) is 3. The second kappa shape index (κ2) is 15.1. The lowest BCUT2D eigenvalue weighted by Gasteiger charge is -2.15. The zero-order valence-corrected chi connectivity index (χ0v) is 37.4. The Kier molecular flexibility index (Phi) is 8.51. The highest BCUT2D eigenvalue weighted by molar-refractivity contribution is 6.34. The van der Waals surface area contributed by atoms with Gasteiger partial charge >= 0.3 is 0 Å². The minimum atomic E-state index is -0.315. The SMILES string of the molecule is N#Cc1ccc(-n2c3ccccc3c3cc(-c4ccc5c(c4)c4cc(-c6ccc7c(c6)c6ccccc6n7-c6ccccc6)ccc4n5-c4ccc(N5C(=O)c6ccccc6C5=O)cc4)ccc32)cc1. The first-order valence-electron chi connectivity index (χ1n) is 23.3. The first-order valence-corrected chi connectivity index (χ1v) is 23.3. The van der Waals surface area contributed by atoms with Gasteiger partial charge in [-0.3, -0.25) is 9.59 Å². The monoisotopic (exact) mass is 895 g/mol. The van der Waals surface area contributed by atoms with Gasteiger partial charge in [-0.05, 0) is 156 Å². The molecule has 13 aromatic rings. The lowest BCUT2D eigenvalue weighted by atomic mass is 9.98. The van der Waals surface area contributed by atoms with Crippen molar-refractivity contribution in [1.82, 2.24) is 13.7 Å². The fourth-order valence-corrected chi connectivity index (χ4v) is 11.0. The summed E-state index contributed by atoms with van der Waals surface area (Å²) in [5.74, 6) is -0.629. The van der Waals surface area contributed by atoms with Crippen LogP contribution in [-0.4, -0.2) is 25.5 Å². The third-order valence-corrected chi connectivity index (χ3v) is 14.2. The Morgan fingerprint density at radius 3 is 1.06 bits per heavy atom. The van der Waals surface area contributed by atoms with Crippen molar-refractivity contribution in [1.29, 1.82) is 5.26 Å². The van der Waals surface area contributed by atoms with Gasteiger partial charge in [0, 0.05) is 49.4 Å². The molecule has 7 nitrogen and oxygen atoms in total. The van der Waals surface area contributed by atoms with E-state index in [0.717, 1.165) is 94.0 Å². The third kappa shape index (κ3) is 5.81. The van der Waals surface area contributed by atoms with Gasteiger partial charge in [0.15, 0.2) is 0 Å². The van der Waals surface area contributed by atoms with Gasteiger partial charge in [0.2, 0.25) is 0 Å². The highest BCUT2D eigenvalue weighted by Crippen LogP contribution is 2.41. The maximum Gasteiger partial charge on any atom is 0.266 e. The van der Waals surface area contributed by atoms with Crippen molar-refractivity contribution < 1.29 is 9.59 Å². The Bertz CT molecular complexity index is 4360. The van der Waals surface area contributed by atoms with Crippen LogP contribution in [0, 0.1) is 11.3 Å². The summed E-state index contributed by atoms with van der Waals surface area (Å²) in [5.41, 5.74) is 16.0. The van der Waals surface area contributed by atoms with Crippen LogP contribution >= 0.6 is 0 Å². The molecule has 0 fully saturated rings. The summed E-state index contributed by atoms with van der Waals surface area (Å²) >= 11 is 0. The lowest BCUT2D eigenvalue weighted by molar-refractivity contribution is 0.0926. The molecule has 0 aliphatic carbocycles. The lowest BCUT2D eigenvalue weighted by Crippen LogP contribution is -2.29.